The fourth-order valence-electron chi connectivity index (χ4n) is 6.99. The molecule has 9 heteroatoms. The Bertz CT molecular complexity index is 1800. The number of rotatable bonds is 6. The maximum Gasteiger partial charge on any atom is 0.236 e. The van der Waals surface area contributed by atoms with Crippen LogP contribution >= 0.6 is 0 Å². The summed E-state index contributed by atoms with van der Waals surface area (Å²) < 4.78 is 17.2. The molecular weight excluding hydrogens is 531 g/mol. The van der Waals surface area contributed by atoms with Crippen LogP contribution in [0.15, 0.2) is 42.5 Å². The van der Waals surface area contributed by atoms with Crippen molar-refractivity contribution in [3.63, 3.8) is 0 Å². The van der Waals surface area contributed by atoms with Crippen molar-refractivity contribution in [2.24, 2.45) is 0 Å². The Balaban J connectivity index is 1.53. The molecule has 1 spiro atoms. The van der Waals surface area contributed by atoms with Gasteiger partial charge in [0, 0.05) is 48.6 Å². The first-order chi connectivity index (χ1) is 20.3. The van der Waals surface area contributed by atoms with E-state index in [0.29, 0.717) is 72.8 Å². The lowest BCUT2D eigenvalue weighted by atomic mass is 9.78. The number of benzene rings is 3. The van der Waals surface area contributed by atoms with Crippen molar-refractivity contribution < 1.29 is 14.3 Å². The van der Waals surface area contributed by atoms with E-state index < -0.39 is 11.2 Å². The summed E-state index contributed by atoms with van der Waals surface area (Å²) >= 11 is 0. The molecular formula is C33H33FN6O2. The molecule has 0 saturated carbocycles. The second kappa shape index (κ2) is 9.93. The average Bonchev–Trinajstić information content (AvgIpc) is 3.54. The number of nitrogens with one attached hydrogen (secondary N) is 2. The summed E-state index contributed by atoms with van der Waals surface area (Å²) in [6, 6.07) is 15.4. The molecule has 0 radical (unpaired) electrons. The van der Waals surface area contributed by atoms with Crippen molar-refractivity contribution in [2.75, 3.05) is 50.5 Å². The highest BCUT2D eigenvalue weighted by Crippen LogP contribution is 2.51. The fraction of sp³-hybridized carbons (Fsp3) is 0.364. The lowest BCUT2D eigenvalue weighted by Gasteiger charge is -2.44. The number of halogens is 1. The third-order valence-corrected chi connectivity index (χ3v) is 9.33. The zero-order chi connectivity index (χ0) is 29.2. The van der Waals surface area contributed by atoms with Crippen LogP contribution < -0.4 is 15.5 Å². The number of fused-ring (bicyclic) bond motifs is 5. The van der Waals surface area contributed by atoms with E-state index in [1.54, 1.807) is 12.1 Å². The minimum atomic E-state index is -0.799. The second-order valence-electron chi connectivity index (χ2n) is 12.0. The third kappa shape index (κ3) is 3.93. The van der Waals surface area contributed by atoms with Gasteiger partial charge in [-0.2, -0.15) is 5.26 Å². The van der Waals surface area contributed by atoms with Crippen LogP contribution in [0.2, 0.25) is 0 Å². The largest absolute Gasteiger partial charge is 0.508 e. The number of nitriles is 1. The lowest BCUT2D eigenvalue weighted by molar-refractivity contribution is -0.120. The zero-order valence-electron chi connectivity index (χ0n) is 23.8. The minimum Gasteiger partial charge on any atom is -0.508 e. The molecule has 3 aliphatic rings. The van der Waals surface area contributed by atoms with E-state index in [4.69, 9.17) is 4.98 Å². The van der Waals surface area contributed by atoms with Crippen molar-refractivity contribution in [3.05, 3.63) is 59.4 Å². The summed E-state index contributed by atoms with van der Waals surface area (Å²) in [5, 5.41) is 28.7. The smallest absolute Gasteiger partial charge is 0.236 e. The molecule has 1 amide bonds. The third-order valence-electron chi connectivity index (χ3n) is 9.33. The molecule has 4 heterocycles. The molecule has 0 aliphatic carbocycles. The van der Waals surface area contributed by atoms with Gasteiger partial charge in [-0.3, -0.25) is 4.79 Å². The summed E-state index contributed by atoms with van der Waals surface area (Å²) in [6.45, 7) is 2.65. The summed E-state index contributed by atoms with van der Waals surface area (Å²) in [5.74, 6) is 0.118. The molecule has 0 bridgehead atoms. The van der Waals surface area contributed by atoms with Crippen LogP contribution in [-0.4, -0.2) is 67.2 Å². The van der Waals surface area contributed by atoms with Crippen LogP contribution in [0.1, 0.15) is 30.4 Å². The molecule has 3 aromatic carbocycles. The summed E-state index contributed by atoms with van der Waals surface area (Å²) in [6.07, 6.45) is 1.99. The molecule has 214 valence electrons. The number of aryl methyl sites for hydroxylation is 1. The highest BCUT2D eigenvalue weighted by atomic mass is 19.1. The van der Waals surface area contributed by atoms with Crippen LogP contribution in [0, 0.1) is 17.1 Å². The lowest BCUT2D eigenvalue weighted by Crippen LogP contribution is -2.57. The van der Waals surface area contributed by atoms with Gasteiger partial charge in [0.05, 0.1) is 17.2 Å². The van der Waals surface area contributed by atoms with E-state index in [-0.39, 0.29) is 17.2 Å². The van der Waals surface area contributed by atoms with Gasteiger partial charge in [0.1, 0.15) is 11.3 Å². The summed E-state index contributed by atoms with van der Waals surface area (Å²) in [7, 11) is 4.08. The van der Waals surface area contributed by atoms with Crippen molar-refractivity contribution in [2.45, 2.75) is 37.1 Å². The van der Waals surface area contributed by atoms with Gasteiger partial charge >= 0.3 is 0 Å². The molecule has 1 aromatic heterocycles. The molecule has 7 rings (SSSR count). The van der Waals surface area contributed by atoms with Crippen molar-refractivity contribution in [1.29, 1.82) is 5.26 Å². The predicted molar refractivity (Wildman–Crippen MR) is 162 cm³/mol. The number of carbonyl (C=O) groups is 1. The van der Waals surface area contributed by atoms with Crippen LogP contribution in [0.5, 0.6) is 5.75 Å². The first-order valence-corrected chi connectivity index (χ1v) is 14.5. The Kier molecular flexibility index (Phi) is 6.30. The van der Waals surface area contributed by atoms with Gasteiger partial charge in [-0.25, -0.2) is 9.37 Å². The van der Waals surface area contributed by atoms with E-state index in [1.807, 2.05) is 44.4 Å². The molecule has 4 aromatic rings. The highest BCUT2D eigenvalue weighted by molar-refractivity contribution is 6.15. The quantitative estimate of drug-likeness (QED) is 0.292. The van der Waals surface area contributed by atoms with E-state index in [1.165, 1.54) is 0 Å². The van der Waals surface area contributed by atoms with Gasteiger partial charge in [0.25, 0.3) is 0 Å². The number of likely N-dealkylation sites (N-methyl/N-ethyl adjacent to an activating group) is 1. The first kappa shape index (κ1) is 26.6. The number of hydrogen-bond acceptors (Lipinski definition) is 7. The summed E-state index contributed by atoms with van der Waals surface area (Å²) in [4.78, 5) is 22.9. The molecule has 1 unspecified atom stereocenters. The molecule has 2 fully saturated rings. The number of carbonyl (C=O) groups excluding carboxylic acids is 1. The number of anilines is 2. The monoisotopic (exact) mass is 564 g/mol. The zero-order valence-corrected chi connectivity index (χ0v) is 23.8. The van der Waals surface area contributed by atoms with Crippen molar-refractivity contribution in [3.8, 4) is 22.9 Å². The van der Waals surface area contributed by atoms with Crippen LogP contribution in [-0.2, 0) is 16.6 Å². The topological polar surface area (TPSA) is 105 Å². The van der Waals surface area contributed by atoms with Crippen LogP contribution in [0.3, 0.4) is 0 Å². The Morgan fingerprint density at radius 3 is 2.76 bits per heavy atom. The Hall–Kier alpha value is -4.26. The number of pyridine rings is 1. The standard InChI is InChI=1S/C33H33FN6O2/c1-39(2)21-16-40(17-21)31-30-27(33(32(42)38-30)10-12-36-18-33)25-14-20(8-5-6-11-35)26(28(34)29(25)37-31)24-15-22(41)13-19-7-3-4-9-23(19)24/h3-4,7,9,13-15,21,36,41H,5-6,8,10,12,16-18H2,1-2H3,(H,38,42). The fourth-order valence-corrected chi connectivity index (χ4v) is 6.99. The van der Waals surface area contributed by atoms with Gasteiger partial charge in [0.15, 0.2) is 11.6 Å². The number of aromatic hydroxyl groups is 1. The molecule has 2 saturated heterocycles. The predicted octanol–water partition coefficient (Wildman–Crippen LogP) is 4.68. The second-order valence-corrected chi connectivity index (χ2v) is 12.0. The van der Waals surface area contributed by atoms with E-state index in [2.05, 4.69) is 26.5 Å². The Labute approximate surface area is 243 Å². The molecule has 3 aliphatic heterocycles. The van der Waals surface area contributed by atoms with Gasteiger partial charge in [-0.1, -0.05) is 24.3 Å². The highest BCUT2D eigenvalue weighted by Gasteiger charge is 2.52. The van der Waals surface area contributed by atoms with Gasteiger partial charge < -0.3 is 25.5 Å². The molecule has 1 atom stereocenters. The Morgan fingerprint density at radius 2 is 2.02 bits per heavy atom. The number of nitrogens with zero attached hydrogens (tertiary/aromatic N) is 4. The molecule has 8 nitrogen and oxygen atoms in total. The van der Waals surface area contributed by atoms with Gasteiger partial charge in [-0.05, 0) is 80.0 Å². The molecule has 3 N–H and O–H groups in total. The van der Waals surface area contributed by atoms with E-state index in [0.717, 1.165) is 35.0 Å². The number of hydrogen-bond donors (Lipinski definition) is 3. The first-order valence-electron chi connectivity index (χ1n) is 14.5. The maximum atomic E-state index is 17.2. The number of aromatic nitrogens is 1. The Morgan fingerprint density at radius 1 is 1.21 bits per heavy atom. The number of phenolic OH excluding ortho intramolecular Hbond substituents is 1. The number of amides is 1. The van der Waals surface area contributed by atoms with Crippen molar-refractivity contribution >= 4 is 39.1 Å². The van der Waals surface area contributed by atoms with Crippen LogP contribution in [0.4, 0.5) is 15.9 Å². The maximum absolute atomic E-state index is 17.2. The van der Waals surface area contributed by atoms with E-state index in [9.17, 15) is 15.2 Å². The van der Waals surface area contributed by atoms with Gasteiger partial charge in [-0.15, -0.1) is 0 Å². The minimum absolute atomic E-state index is 0.0508. The van der Waals surface area contributed by atoms with Gasteiger partial charge in [0.2, 0.25) is 5.91 Å². The van der Waals surface area contributed by atoms with Crippen molar-refractivity contribution in [1.82, 2.24) is 15.2 Å². The SMILES string of the molecule is CN(C)C1CN(c2nc3c(F)c(-c4cc(O)cc5ccccc45)c(CCCC#N)cc3c3c2NC(=O)C32CCNC2)C1. The summed E-state index contributed by atoms with van der Waals surface area (Å²) in [5.41, 5.74) is 2.64. The normalized spacial score (nSPS) is 20.0. The van der Waals surface area contributed by atoms with E-state index >= 15 is 4.39 Å². The number of phenols is 1. The number of unbranched alkanes of at least 4 members (excludes halogenated alkanes) is 1. The van der Waals surface area contributed by atoms with Crippen LogP contribution in [0.25, 0.3) is 32.8 Å². The average molecular weight is 565 g/mol. The molecule has 42 heavy (non-hydrogen) atoms.